The summed E-state index contributed by atoms with van der Waals surface area (Å²) in [7, 11) is -2.14. The van der Waals surface area contributed by atoms with Crippen molar-refractivity contribution in [2.24, 2.45) is 5.92 Å². The Morgan fingerprint density at radius 1 is 1.24 bits per heavy atom. The molecule has 2 saturated heterocycles. The third-order valence-corrected chi connectivity index (χ3v) is 6.65. The molecule has 1 aromatic carbocycles. The Morgan fingerprint density at radius 2 is 1.92 bits per heavy atom. The first-order valence-electron chi connectivity index (χ1n) is 7.99. The van der Waals surface area contributed by atoms with E-state index in [0.717, 1.165) is 0 Å². The van der Waals surface area contributed by atoms with E-state index >= 15 is 0 Å². The van der Waals surface area contributed by atoms with Crippen LogP contribution in [0.4, 0.5) is 0 Å². The van der Waals surface area contributed by atoms with Gasteiger partial charge in [0, 0.05) is 32.1 Å². The van der Waals surface area contributed by atoms with E-state index in [1.165, 1.54) is 28.4 Å². The summed E-state index contributed by atoms with van der Waals surface area (Å²) in [4.78, 5) is 24.8. The van der Waals surface area contributed by atoms with Crippen LogP contribution in [0.5, 0.6) is 5.75 Å². The predicted molar refractivity (Wildman–Crippen MR) is 87.6 cm³/mol. The predicted octanol–water partition coefficient (Wildman–Crippen LogP) is 0.391. The highest BCUT2D eigenvalue weighted by molar-refractivity contribution is 7.89. The molecule has 0 aromatic heterocycles. The van der Waals surface area contributed by atoms with Gasteiger partial charge in [-0.15, -0.1) is 0 Å². The van der Waals surface area contributed by atoms with E-state index in [2.05, 4.69) is 0 Å². The van der Waals surface area contributed by atoms with E-state index in [1.807, 2.05) is 0 Å². The SMILES string of the molecule is COc1ccc(S(=O)(=O)N2CCC(N3CC(C(=O)O)CC3=O)C2)cc1. The molecule has 2 aliphatic heterocycles. The fraction of sp³-hybridized carbons (Fsp3) is 0.500. The average molecular weight is 368 g/mol. The van der Waals surface area contributed by atoms with E-state index in [9.17, 15) is 18.0 Å². The van der Waals surface area contributed by atoms with E-state index < -0.39 is 21.9 Å². The summed E-state index contributed by atoms with van der Waals surface area (Å²) >= 11 is 0. The summed E-state index contributed by atoms with van der Waals surface area (Å²) in [6, 6.07) is 5.88. The normalized spacial score (nSPS) is 24.7. The largest absolute Gasteiger partial charge is 0.497 e. The molecule has 1 amide bonds. The maximum absolute atomic E-state index is 12.7. The number of carboxylic acid groups (broad SMARTS) is 1. The number of likely N-dealkylation sites (tertiary alicyclic amines) is 1. The van der Waals surface area contributed by atoms with Gasteiger partial charge in [-0.1, -0.05) is 0 Å². The van der Waals surface area contributed by atoms with Gasteiger partial charge in [0.25, 0.3) is 0 Å². The molecule has 0 spiro atoms. The Kier molecular flexibility index (Phi) is 4.70. The molecule has 0 saturated carbocycles. The number of carbonyl (C=O) groups is 2. The lowest BCUT2D eigenvalue weighted by Gasteiger charge is -2.24. The zero-order chi connectivity index (χ0) is 18.2. The van der Waals surface area contributed by atoms with Gasteiger partial charge < -0.3 is 14.7 Å². The van der Waals surface area contributed by atoms with E-state index in [0.29, 0.717) is 18.7 Å². The number of carbonyl (C=O) groups excluding carboxylic acids is 1. The van der Waals surface area contributed by atoms with Crippen LogP contribution in [-0.4, -0.2) is 67.4 Å². The molecule has 0 aliphatic carbocycles. The minimum atomic E-state index is -3.65. The molecule has 2 unspecified atom stereocenters. The van der Waals surface area contributed by atoms with E-state index in [1.54, 1.807) is 12.1 Å². The number of amides is 1. The molecule has 8 nitrogen and oxygen atoms in total. The Labute approximate surface area is 146 Å². The molecular formula is C16H20N2O6S. The highest BCUT2D eigenvalue weighted by Gasteiger charge is 2.42. The lowest BCUT2D eigenvalue weighted by atomic mass is 10.1. The van der Waals surface area contributed by atoms with Crippen LogP contribution in [0.1, 0.15) is 12.8 Å². The van der Waals surface area contributed by atoms with Gasteiger partial charge in [0.15, 0.2) is 0 Å². The second kappa shape index (κ2) is 6.64. The van der Waals surface area contributed by atoms with Crippen molar-refractivity contribution in [3.05, 3.63) is 24.3 Å². The molecule has 9 heteroatoms. The van der Waals surface area contributed by atoms with E-state index in [-0.39, 0.29) is 36.4 Å². The van der Waals surface area contributed by atoms with Crippen molar-refractivity contribution in [1.29, 1.82) is 0 Å². The number of nitrogens with zero attached hydrogens (tertiary/aromatic N) is 2. The number of benzene rings is 1. The number of aliphatic carboxylic acids is 1. The number of rotatable bonds is 5. The lowest BCUT2D eigenvalue weighted by Crippen LogP contribution is -2.40. The fourth-order valence-corrected chi connectivity index (χ4v) is 4.82. The van der Waals surface area contributed by atoms with Crippen LogP contribution in [0.25, 0.3) is 0 Å². The van der Waals surface area contributed by atoms with Crippen molar-refractivity contribution in [2.75, 3.05) is 26.7 Å². The molecule has 0 radical (unpaired) electrons. The Hall–Kier alpha value is -2.13. The maximum atomic E-state index is 12.7. The van der Waals surface area contributed by atoms with Crippen molar-refractivity contribution in [2.45, 2.75) is 23.8 Å². The molecule has 2 aliphatic rings. The van der Waals surface area contributed by atoms with Gasteiger partial charge in [-0.3, -0.25) is 9.59 Å². The third kappa shape index (κ3) is 3.34. The Balaban J connectivity index is 1.71. The van der Waals surface area contributed by atoms with Crippen molar-refractivity contribution in [1.82, 2.24) is 9.21 Å². The van der Waals surface area contributed by atoms with Gasteiger partial charge in [-0.25, -0.2) is 8.42 Å². The van der Waals surface area contributed by atoms with Gasteiger partial charge in [0.1, 0.15) is 5.75 Å². The third-order valence-electron chi connectivity index (χ3n) is 4.77. The number of hydrogen-bond acceptors (Lipinski definition) is 5. The van der Waals surface area contributed by atoms with Crippen LogP contribution < -0.4 is 4.74 Å². The van der Waals surface area contributed by atoms with Crippen LogP contribution in [0, 0.1) is 5.92 Å². The van der Waals surface area contributed by atoms with Crippen molar-refractivity contribution in [3.63, 3.8) is 0 Å². The molecule has 1 N–H and O–H groups in total. The quantitative estimate of drug-likeness (QED) is 0.806. The second-order valence-corrected chi connectivity index (χ2v) is 8.20. The molecule has 2 heterocycles. The number of ether oxygens (including phenoxy) is 1. The maximum Gasteiger partial charge on any atom is 0.308 e. The molecule has 2 atom stereocenters. The van der Waals surface area contributed by atoms with Gasteiger partial charge in [0.2, 0.25) is 15.9 Å². The van der Waals surface area contributed by atoms with Crippen LogP contribution >= 0.6 is 0 Å². The monoisotopic (exact) mass is 368 g/mol. The molecule has 0 bridgehead atoms. The van der Waals surface area contributed by atoms with Crippen LogP contribution in [0.15, 0.2) is 29.2 Å². The summed E-state index contributed by atoms with van der Waals surface area (Å²) in [5.74, 6) is -1.35. The Bertz CT molecular complexity index is 776. The standard InChI is InChI=1S/C16H20N2O6S/c1-24-13-2-4-14(5-3-13)25(22,23)17-7-6-12(10-17)18-9-11(16(20)21)8-15(18)19/h2-5,11-12H,6-10H2,1H3,(H,20,21). The Morgan fingerprint density at radius 3 is 2.48 bits per heavy atom. The topological polar surface area (TPSA) is 104 Å². The van der Waals surface area contributed by atoms with Crippen molar-refractivity contribution in [3.8, 4) is 5.75 Å². The first kappa shape index (κ1) is 17.7. The van der Waals surface area contributed by atoms with Crippen LogP contribution in [0.3, 0.4) is 0 Å². The highest BCUT2D eigenvalue weighted by Crippen LogP contribution is 2.28. The average Bonchev–Trinajstić information content (AvgIpc) is 3.21. The van der Waals surface area contributed by atoms with Gasteiger partial charge in [-0.05, 0) is 30.7 Å². The summed E-state index contributed by atoms with van der Waals surface area (Å²) in [5, 5.41) is 9.07. The second-order valence-electron chi connectivity index (χ2n) is 6.27. The van der Waals surface area contributed by atoms with Gasteiger partial charge in [0.05, 0.1) is 17.9 Å². The summed E-state index contributed by atoms with van der Waals surface area (Å²) in [6.07, 6.45) is 0.491. The minimum absolute atomic E-state index is 0.0168. The first-order valence-corrected chi connectivity index (χ1v) is 9.43. The summed E-state index contributed by atoms with van der Waals surface area (Å²) < 4.78 is 31.9. The van der Waals surface area contributed by atoms with Gasteiger partial charge >= 0.3 is 5.97 Å². The van der Waals surface area contributed by atoms with Crippen LogP contribution in [0.2, 0.25) is 0 Å². The zero-order valence-electron chi connectivity index (χ0n) is 13.8. The molecule has 25 heavy (non-hydrogen) atoms. The fourth-order valence-electron chi connectivity index (χ4n) is 3.33. The van der Waals surface area contributed by atoms with Crippen LogP contribution in [-0.2, 0) is 19.6 Å². The summed E-state index contributed by atoms with van der Waals surface area (Å²) in [5.41, 5.74) is 0. The molecule has 3 rings (SSSR count). The molecule has 136 valence electrons. The lowest BCUT2D eigenvalue weighted by molar-refractivity contribution is -0.141. The van der Waals surface area contributed by atoms with Gasteiger partial charge in [-0.2, -0.15) is 4.31 Å². The molecule has 1 aromatic rings. The number of methoxy groups -OCH3 is 1. The zero-order valence-corrected chi connectivity index (χ0v) is 14.6. The molecular weight excluding hydrogens is 348 g/mol. The van der Waals surface area contributed by atoms with E-state index in [4.69, 9.17) is 9.84 Å². The van der Waals surface area contributed by atoms with Crippen molar-refractivity contribution < 1.29 is 27.9 Å². The smallest absolute Gasteiger partial charge is 0.308 e. The first-order chi connectivity index (χ1) is 11.8. The number of sulfonamides is 1. The number of hydrogen-bond donors (Lipinski definition) is 1. The van der Waals surface area contributed by atoms with Crippen molar-refractivity contribution >= 4 is 21.9 Å². The minimum Gasteiger partial charge on any atom is -0.497 e. The summed E-state index contributed by atoms with van der Waals surface area (Å²) in [6.45, 7) is 0.641. The highest BCUT2D eigenvalue weighted by atomic mass is 32.2. The number of carboxylic acids is 1. The molecule has 2 fully saturated rings.